The molecule has 4 rings (SSSR count). The number of hydrogen-bond acceptors (Lipinski definition) is 5. The van der Waals surface area contributed by atoms with E-state index in [0.29, 0.717) is 26.4 Å². The zero-order valence-electron chi connectivity index (χ0n) is 14.1. The quantitative estimate of drug-likeness (QED) is 0.763. The summed E-state index contributed by atoms with van der Waals surface area (Å²) in [7, 11) is 0. The van der Waals surface area contributed by atoms with E-state index in [1.165, 1.54) is 0 Å². The van der Waals surface area contributed by atoms with Crippen LogP contribution in [0.25, 0.3) is 0 Å². The van der Waals surface area contributed by atoms with Crippen LogP contribution >= 0.6 is 0 Å². The lowest BCUT2D eigenvalue weighted by Gasteiger charge is -2.39. The predicted molar refractivity (Wildman–Crippen MR) is 81.8 cm³/mol. The first-order chi connectivity index (χ1) is 11.0. The Kier molecular flexibility index (Phi) is 3.91. The number of carbonyl (C=O) groups is 1. The third kappa shape index (κ3) is 2.90. The molecule has 3 aliphatic heterocycles. The minimum atomic E-state index is -0.571. The van der Waals surface area contributed by atoms with Crippen LogP contribution < -0.4 is 0 Å². The Morgan fingerprint density at radius 3 is 2.57 bits per heavy atom. The molecular formula is C17H27NO5. The van der Waals surface area contributed by atoms with Crippen LogP contribution in [0.5, 0.6) is 0 Å². The Bertz CT molecular complexity index is 474. The summed E-state index contributed by atoms with van der Waals surface area (Å²) in [6.07, 6.45) is 2.97. The maximum absolute atomic E-state index is 13.1. The Balaban J connectivity index is 1.45. The van der Waals surface area contributed by atoms with E-state index < -0.39 is 5.79 Å². The van der Waals surface area contributed by atoms with Crippen molar-refractivity contribution in [3.05, 3.63) is 0 Å². The van der Waals surface area contributed by atoms with E-state index >= 15 is 0 Å². The Morgan fingerprint density at radius 2 is 1.87 bits per heavy atom. The third-order valence-electron chi connectivity index (χ3n) is 5.88. The lowest BCUT2D eigenvalue weighted by molar-refractivity contribution is -0.165. The van der Waals surface area contributed by atoms with Crippen LogP contribution in [0.3, 0.4) is 0 Å². The first kappa shape index (κ1) is 15.8. The van der Waals surface area contributed by atoms with Crippen molar-refractivity contribution in [3.8, 4) is 0 Å². The minimum Gasteiger partial charge on any atom is -0.381 e. The molecule has 23 heavy (non-hydrogen) atoms. The normalized spacial score (nSPS) is 38.7. The summed E-state index contributed by atoms with van der Waals surface area (Å²) < 4.78 is 22.8. The van der Waals surface area contributed by atoms with E-state index in [-0.39, 0.29) is 29.4 Å². The highest BCUT2D eigenvalue weighted by atomic mass is 16.7. The molecule has 1 spiro atoms. The summed E-state index contributed by atoms with van der Waals surface area (Å²) >= 11 is 0. The highest BCUT2D eigenvalue weighted by molar-refractivity contribution is 5.83. The zero-order valence-corrected chi connectivity index (χ0v) is 14.1. The van der Waals surface area contributed by atoms with Gasteiger partial charge >= 0.3 is 0 Å². The zero-order chi connectivity index (χ0) is 16.1. The molecule has 1 unspecified atom stereocenters. The number of carbonyl (C=O) groups excluding carboxylic acids is 1. The fourth-order valence-corrected chi connectivity index (χ4v) is 4.34. The SMILES string of the molecule is CC1(C)OC[C@@H]([C@H]2COCCN2C(=O)C2CC23CCOCC3)O1. The molecule has 1 saturated carbocycles. The molecular weight excluding hydrogens is 298 g/mol. The van der Waals surface area contributed by atoms with Crippen molar-refractivity contribution in [3.63, 3.8) is 0 Å². The molecule has 0 aromatic heterocycles. The summed E-state index contributed by atoms with van der Waals surface area (Å²) in [5, 5.41) is 0. The van der Waals surface area contributed by atoms with Gasteiger partial charge in [0, 0.05) is 25.7 Å². The van der Waals surface area contributed by atoms with Gasteiger partial charge in [-0.05, 0) is 38.5 Å². The van der Waals surface area contributed by atoms with Gasteiger partial charge < -0.3 is 23.8 Å². The van der Waals surface area contributed by atoms with Crippen molar-refractivity contribution in [1.82, 2.24) is 4.90 Å². The van der Waals surface area contributed by atoms with Crippen LogP contribution in [0.15, 0.2) is 0 Å². The van der Waals surface area contributed by atoms with Gasteiger partial charge in [-0.1, -0.05) is 0 Å². The van der Waals surface area contributed by atoms with E-state index in [4.69, 9.17) is 18.9 Å². The fraction of sp³-hybridized carbons (Fsp3) is 0.941. The van der Waals surface area contributed by atoms with Gasteiger partial charge in [-0.25, -0.2) is 0 Å². The average Bonchev–Trinajstić information content (AvgIpc) is 3.11. The molecule has 3 saturated heterocycles. The van der Waals surface area contributed by atoms with Gasteiger partial charge in [-0.2, -0.15) is 0 Å². The molecule has 6 nitrogen and oxygen atoms in total. The summed E-state index contributed by atoms with van der Waals surface area (Å²) in [4.78, 5) is 15.1. The molecule has 3 atom stereocenters. The molecule has 0 bridgehead atoms. The molecule has 1 aliphatic carbocycles. The van der Waals surface area contributed by atoms with Crippen LogP contribution in [-0.4, -0.2) is 68.3 Å². The van der Waals surface area contributed by atoms with Gasteiger partial charge in [0.15, 0.2) is 5.79 Å². The fourth-order valence-electron chi connectivity index (χ4n) is 4.34. The molecule has 0 aromatic rings. The summed E-state index contributed by atoms with van der Waals surface area (Å²) in [6, 6.07) is -0.0319. The van der Waals surface area contributed by atoms with E-state index in [1.807, 2.05) is 18.7 Å². The van der Waals surface area contributed by atoms with Gasteiger partial charge in [0.2, 0.25) is 5.91 Å². The minimum absolute atomic E-state index is 0.0319. The first-order valence-electron chi connectivity index (χ1n) is 8.79. The second kappa shape index (κ2) is 5.69. The molecule has 130 valence electrons. The lowest BCUT2D eigenvalue weighted by Crippen LogP contribution is -2.56. The summed E-state index contributed by atoms with van der Waals surface area (Å²) in [5.74, 6) is -0.117. The molecule has 0 aromatic carbocycles. The molecule has 1 amide bonds. The van der Waals surface area contributed by atoms with Gasteiger partial charge in [0.05, 0.1) is 25.9 Å². The van der Waals surface area contributed by atoms with Crippen LogP contribution in [-0.2, 0) is 23.7 Å². The molecule has 4 aliphatic rings. The topological polar surface area (TPSA) is 57.2 Å². The summed E-state index contributed by atoms with van der Waals surface area (Å²) in [5.41, 5.74) is 0.213. The van der Waals surface area contributed by atoms with Crippen LogP contribution in [0.4, 0.5) is 0 Å². The van der Waals surface area contributed by atoms with Crippen molar-refractivity contribution < 1.29 is 23.7 Å². The maximum atomic E-state index is 13.1. The van der Waals surface area contributed by atoms with E-state index in [1.54, 1.807) is 0 Å². The monoisotopic (exact) mass is 325 g/mol. The smallest absolute Gasteiger partial charge is 0.226 e. The van der Waals surface area contributed by atoms with Crippen molar-refractivity contribution in [2.45, 2.75) is 51.0 Å². The van der Waals surface area contributed by atoms with Crippen molar-refractivity contribution in [2.75, 3.05) is 39.6 Å². The van der Waals surface area contributed by atoms with Crippen LogP contribution in [0, 0.1) is 11.3 Å². The number of nitrogens with zero attached hydrogens (tertiary/aromatic N) is 1. The number of ether oxygens (including phenoxy) is 4. The highest BCUT2D eigenvalue weighted by Crippen LogP contribution is 2.60. The van der Waals surface area contributed by atoms with Crippen LogP contribution in [0.2, 0.25) is 0 Å². The largest absolute Gasteiger partial charge is 0.381 e. The van der Waals surface area contributed by atoms with E-state index in [0.717, 1.165) is 32.5 Å². The Morgan fingerprint density at radius 1 is 1.09 bits per heavy atom. The Labute approximate surface area is 137 Å². The van der Waals surface area contributed by atoms with Crippen molar-refractivity contribution in [1.29, 1.82) is 0 Å². The van der Waals surface area contributed by atoms with E-state index in [2.05, 4.69) is 0 Å². The van der Waals surface area contributed by atoms with E-state index in [9.17, 15) is 4.79 Å². The highest BCUT2D eigenvalue weighted by Gasteiger charge is 2.60. The van der Waals surface area contributed by atoms with Crippen LogP contribution in [0.1, 0.15) is 33.1 Å². The maximum Gasteiger partial charge on any atom is 0.226 e. The lowest BCUT2D eigenvalue weighted by atomic mass is 9.93. The van der Waals surface area contributed by atoms with Crippen molar-refractivity contribution >= 4 is 5.91 Å². The molecule has 0 N–H and O–H groups in total. The van der Waals surface area contributed by atoms with Gasteiger partial charge in [-0.3, -0.25) is 4.79 Å². The standard InChI is InChI=1S/C17H27NO5/c1-16(2)22-11-14(23-16)13-10-21-8-5-18(13)15(19)12-9-17(12)3-6-20-7-4-17/h12-14H,3-11H2,1-2H3/t12?,13-,14+/m1/s1. The third-order valence-corrected chi connectivity index (χ3v) is 5.88. The van der Waals surface area contributed by atoms with Gasteiger partial charge in [0.1, 0.15) is 6.10 Å². The first-order valence-corrected chi connectivity index (χ1v) is 8.79. The average molecular weight is 325 g/mol. The molecule has 3 heterocycles. The number of morpholine rings is 1. The summed E-state index contributed by atoms with van der Waals surface area (Å²) in [6.45, 7) is 7.76. The number of amides is 1. The second-order valence-electron chi connectivity index (χ2n) is 7.77. The van der Waals surface area contributed by atoms with Crippen molar-refractivity contribution in [2.24, 2.45) is 11.3 Å². The number of rotatable bonds is 2. The predicted octanol–water partition coefficient (Wildman–Crippen LogP) is 1.18. The Hall–Kier alpha value is -0.690. The number of hydrogen-bond donors (Lipinski definition) is 0. The second-order valence-corrected chi connectivity index (χ2v) is 7.77. The van der Waals surface area contributed by atoms with Gasteiger partial charge in [0.25, 0.3) is 0 Å². The molecule has 4 fully saturated rings. The van der Waals surface area contributed by atoms with Gasteiger partial charge in [-0.15, -0.1) is 0 Å². The molecule has 0 radical (unpaired) electrons. The molecule has 6 heteroatoms.